The minimum Gasteiger partial charge on any atom is -0.349 e. The third kappa shape index (κ3) is 3.60. The van der Waals surface area contributed by atoms with Crippen molar-refractivity contribution in [3.8, 4) is 10.7 Å². The first-order valence-corrected chi connectivity index (χ1v) is 8.36. The number of carbonyl (C=O) groups excluding carboxylic acids is 1. The van der Waals surface area contributed by atoms with Gasteiger partial charge in [-0.15, -0.1) is 11.3 Å². The van der Waals surface area contributed by atoms with Gasteiger partial charge in [0, 0.05) is 24.4 Å². The summed E-state index contributed by atoms with van der Waals surface area (Å²) in [5.74, 6) is 0.0211. The normalized spacial score (nSPS) is 12.1. The number of rotatable bonds is 5. The van der Waals surface area contributed by atoms with E-state index in [1.54, 1.807) is 0 Å². The second kappa shape index (κ2) is 6.79. The Morgan fingerprint density at radius 1 is 1.46 bits per heavy atom. The van der Waals surface area contributed by atoms with Crippen LogP contribution in [0.4, 0.5) is 0 Å². The van der Waals surface area contributed by atoms with E-state index < -0.39 is 11.5 Å². The topological polar surface area (TPSA) is 104 Å². The first-order chi connectivity index (χ1) is 11.5. The molecule has 1 amide bonds. The SMILES string of the molecule is Cc1cc(C[C@@H](C)NC(=O)c2cnc(-c3cccs3)[nH]c2=O)n[nH]1. The lowest BCUT2D eigenvalue weighted by molar-refractivity contribution is 0.0938. The third-order valence-electron chi connectivity index (χ3n) is 3.45. The van der Waals surface area contributed by atoms with Gasteiger partial charge in [-0.05, 0) is 31.4 Å². The lowest BCUT2D eigenvalue weighted by Crippen LogP contribution is -2.37. The molecule has 3 aromatic heterocycles. The third-order valence-corrected chi connectivity index (χ3v) is 4.33. The molecule has 0 unspecified atom stereocenters. The quantitative estimate of drug-likeness (QED) is 0.658. The maximum Gasteiger partial charge on any atom is 0.264 e. The van der Waals surface area contributed by atoms with Gasteiger partial charge in [0.1, 0.15) is 11.4 Å². The number of thiophene rings is 1. The molecule has 3 rings (SSSR count). The molecule has 0 radical (unpaired) electrons. The van der Waals surface area contributed by atoms with Crippen LogP contribution in [-0.4, -0.2) is 32.1 Å². The average molecular weight is 343 g/mol. The lowest BCUT2D eigenvalue weighted by Gasteiger charge is -2.12. The van der Waals surface area contributed by atoms with Gasteiger partial charge in [-0.2, -0.15) is 5.10 Å². The van der Waals surface area contributed by atoms with E-state index in [-0.39, 0.29) is 11.6 Å². The van der Waals surface area contributed by atoms with Crippen LogP contribution < -0.4 is 10.9 Å². The molecule has 0 aromatic carbocycles. The van der Waals surface area contributed by atoms with Crippen molar-refractivity contribution in [3.05, 3.63) is 57.1 Å². The predicted molar refractivity (Wildman–Crippen MR) is 92.1 cm³/mol. The number of aryl methyl sites for hydroxylation is 1. The number of aromatic amines is 2. The second-order valence-corrected chi connectivity index (χ2v) is 6.52. The van der Waals surface area contributed by atoms with Gasteiger partial charge in [0.25, 0.3) is 11.5 Å². The first-order valence-electron chi connectivity index (χ1n) is 7.48. The van der Waals surface area contributed by atoms with E-state index >= 15 is 0 Å². The molecule has 0 bridgehead atoms. The molecule has 0 saturated carbocycles. The molecule has 0 fully saturated rings. The van der Waals surface area contributed by atoms with Gasteiger partial charge in [0.15, 0.2) is 0 Å². The van der Waals surface area contributed by atoms with E-state index in [2.05, 4.69) is 25.5 Å². The first kappa shape index (κ1) is 16.1. The van der Waals surface area contributed by atoms with Crippen LogP contribution in [0, 0.1) is 6.92 Å². The molecule has 3 aromatic rings. The second-order valence-electron chi connectivity index (χ2n) is 5.57. The van der Waals surface area contributed by atoms with Crippen LogP contribution in [0.3, 0.4) is 0 Å². The summed E-state index contributed by atoms with van der Waals surface area (Å²) < 4.78 is 0. The van der Waals surface area contributed by atoms with Crippen molar-refractivity contribution < 1.29 is 4.79 Å². The van der Waals surface area contributed by atoms with Gasteiger partial charge >= 0.3 is 0 Å². The zero-order valence-corrected chi connectivity index (χ0v) is 14.1. The van der Waals surface area contributed by atoms with Gasteiger partial charge in [0.2, 0.25) is 0 Å². The fourth-order valence-corrected chi connectivity index (χ4v) is 3.02. The molecule has 0 aliphatic rings. The number of amides is 1. The minimum absolute atomic E-state index is 0.000337. The highest BCUT2D eigenvalue weighted by atomic mass is 32.1. The Bertz CT molecular complexity index is 897. The van der Waals surface area contributed by atoms with E-state index in [1.165, 1.54) is 17.5 Å². The molecule has 24 heavy (non-hydrogen) atoms. The number of aromatic nitrogens is 4. The van der Waals surface area contributed by atoms with Gasteiger partial charge in [-0.1, -0.05) is 6.07 Å². The van der Waals surface area contributed by atoms with Crippen molar-refractivity contribution >= 4 is 17.2 Å². The minimum atomic E-state index is -0.450. The van der Waals surface area contributed by atoms with Gasteiger partial charge in [0.05, 0.1) is 10.6 Å². The predicted octanol–water partition coefficient (Wildman–Crippen LogP) is 1.89. The standard InChI is InChI=1S/C16H17N5O2S/c1-9(6-11-7-10(2)20-21-11)18-15(22)12-8-17-14(19-16(12)23)13-4-3-5-24-13/h3-5,7-9H,6H2,1-2H3,(H,18,22)(H,20,21)(H,17,19,23)/t9-/m1/s1. The molecule has 1 atom stereocenters. The molecule has 124 valence electrons. The molecule has 7 nitrogen and oxygen atoms in total. The molecular formula is C16H17N5O2S. The van der Waals surface area contributed by atoms with Crippen LogP contribution in [0.15, 0.2) is 34.6 Å². The molecule has 8 heteroatoms. The Hall–Kier alpha value is -2.74. The molecule has 0 saturated heterocycles. The van der Waals surface area contributed by atoms with Crippen LogP contribution in [0.2, 0.25) is 0 Å². The summed E-state index contributed by atoms with van der Waals surface area (Å²) in [5, 5.41) is 11.7. The maximum absolute atomic E-state index is 12.3. The molecular weight excluding hydrogens is 326 g/mol. The van der Waals surface area contributed by atoms with Crippen molar-refractivity contribution in [3.63, 3.8) is 0 Å². The van der Waals surface area contributed by atoms with E-state index in [1.807, 2.05) is 37.4 Å². The summed E-state index contributed by atoms with van der Waals surface area (Å²) in [6.45, 7) is 3.78. The number of carbonyl (C=O) groups is 1. The Morgan fingerprint density at radius 2 is 2.29 bits per heavy atom. The number of H-pyrrole nitrogens is 2. The van der Waals surface area contributed by atoms with E-state index in [0.717, 1.165) is 16.3 Å². The lowest BCUT2D eigenvalue weighted by atomic mass is 10.1. The monoisotopic (exact) mass is 343 g/mol. The Morgan fingerprint density at radius 3 is 2.92 bits per heavy atom. The number of nitrogens with zero attached hydrogens (tertiary/aromatic N) is 2. The Balaban J connectivity index is 1.69. The summed E-state index contributed by atoms with van der Waals surface area (Å²) in [7, 11) is 0. The fourth-order valence-electron chi connectivity index (χ4n) is 2.34. The summed E-state index contributed by atoms with van der Waals surface area (Å²) >= 11 is 1.47. The zero-order chi connectivity index (χ0) is 17.1. The summed E-state index contributed by atoms with van der Waals surface area (Å²) in [6.07, 6.45) is 1.89. The van der Waals surface area contributed by atoms with Crippen LogP contribution in [0.1, 0.15) is 28.7 Å². The van der Waals surface area contributed by atoms with Gasteiger partial charge < -0.3 is 10.3 Å². The highest BCUT2D eigenvalue weighted by Gasteiger charge is 2.16. The molecule has 0 aliphatic carbocycles. The highest BCUT2D eigenvalue weighted by Crippen LogP contribution is 2.19. The van der Waals surface area contributed by atoms with Crippen LogP contribution in [-0.2, 0) is 6.42 Å². The van der Waals surface area contributed by atoms with Crippen molar-refractivity contribution in [2.45, 2.75) is 26.3 Å². The summed E-state index contributed by atoms with van der Waals surface area (Å²) in [5.41, 5.74) is 1.38. The summed E-state index contributed by atoms with van der Waals surface area (Å²) in [6, 6.07) is 5.50. The van der Waals surface area contributed by atoms with Crippen molar-refractivity contribution in [2.24, 2.45) is 0 Å². The van der Waals surface area contributed by atoms with E-state index in [0.29, 0.717) is 12.2 Å². The zero-order valence-electron chi connectivity index (χ0n) is 13.3. The Labute approximate surface area is 142 Å². The smallest absolute Gasteiger partial charge is 0.264 e. The van der Waals surface area contributed by atoms with E-state index in [9.17, 15) is 9.59 Å². The van der Waals surface area contributed by atoms with Crippen molar-refractivity contribution in [1.29, 1.82) is 0 Å². The molecule has 3 N–H and O–H groups in total. The number of hydrogen-bond acceptors (Lipinski definition) is 5. The largest absolute Gasteiger partial charge is 0.349 e. The molecule has 0 spiro atoms. The molecule has 0 aliphatic heterocycles. The maximum atomic E-state index is 12.3. The van der Waals surface area contributed by atoms with Crippen LogP contribution >= 0.6 is 11.3 Å². The summed E-state index contributed by atoms with van der Waals surface area (Å²) in [4.78, 5) is 32.1. The highest BCUT2D eigenvalue weighted by molar-refractivity contribution is 7.13. The number of nitrogens with one attached hydrogen (secondary N) is 3. The van der Waals surface area contributed by atoms with Gasteiger partial charge in [-0.3, -0.25) is 14.7 Å². The van der Waals surface area contributed by atoms with Crippen LogP contribution in [0.25, 0.3) is 10.7 Å². The Kier molecular flexibility index (Phi) is 4.57. The average Bonchev–Trinajstić information content (AvgIpc) is 3.18. The van der Waals surface area contributed by atoms with Crippen LogP contribution in [0.5, 0.6) is 0 Å². The number of hydrogen-bond donors (Lipinski definition) is 3. The van der Waals surface area contributed by atoms with E-state index in [4.69, 9.17) is 0 Å². The molecule has 3 heterocycles. The fraction of sp³-hybridized carbons (Fsp3) is 0.250. The van der Waals surface area contributed by atoms with Crippen molar-refractivity contribution in [2.75, 3.05) is 0 Å². The van der Waals surface area contributed by atoms with Gasteiger partial charge in [-0.25, -0.2) is 4.98 Å². The van der Waals surface area contributed by atoms with Crippen molar-refractivity contribution in [1.82, 2.24) is 25.5 Å².